The molecule has 1 saturated heterocycles. The number of allylic oxidation sites excluding steroid dienone is 2. The summed E-state index contributed by atoms with van der Waals surface area (Å²) in [4.78, 5) is 17.2. The predicted molar refractivity (Wildman–Crippen MR) is 101 cm³/mol. The molecule has 1 aromatic carbocycles. The Bertz CT molecular complexity index is 721. The molecule has 1 aromatic rings. The van der Waals surface area contributed by atoms with Gasteiger partial charge in [-0.25, -0.2) is 0 Å². The molecule has 0 saturated carbocycles. The van der Waals surface area contributed by atoms with Crippen molar-refractivity contribution in [2.45, 2.75) is 6.42 Å². The number of carbonyl (C=O) groups is 1. The fourth-order valence-electron chi connectivity index (χ4n) is 3.21. The van der Waals surface area contributed by atoms with E-state index in [1.807, 2.05) is 12.1 Å². The van der Waals surface area contributed by atoms with Gasteiger partial charge in [0.25, 0.3) is 5.91 Å². The maximum absolute atomic E-state index is 12.3. The Labute approximate surface area is 150 Å². The lowest BCUT2D eigenvalue weighted by molar-refractivity contribution is 0.0966. The van der Waals surface area contributed by atoms with Crippen LogP contribution in [0.15, 0.2) is 48.2 Å². The van der Waals surface area contributed by atoms with Crippen molar-refractivity contribution in [1.29, 1.82) is 0 Å². The molecule has 1 N–H and O–H groups in total. The van der Waals surface area contributed by atoms with Crippen LogP contribution in [-0.4, -0.2) is 55.5 Å². The summed E-state index contributed by atoms with van der Waals surface area (Å²) < 4.78 is 0. The van der Waals surface area contributed by atoms with Crippen molar-refractivity contribution in [2.24, 2.45) is 5.92 Å². The van der Waals surface area contributed by atoms with E-state index in [1.54, 1.807) is 18.2 Å². The highest BCUT2D eigenvalue weighted by Gasteiger charge is 2.18. The van der Waals surface area contributed by atoms with Crippen molar-refractivity contribution >= 4 is 5.91 Å². The van der Waals surface area contributed by atoms with Crippen molar-refractivity contribution in [3.05, 3.63) is 59.3 Å². The zero-order valence-electron chi connectivity index (χ0n) is 14.7. The first-order chi connectivity index (χ1) is 12.1. The number of likely N-dealkylation sites (N-methyl/N-ethyl adjacent to an activating group) is 1. The Morgan fingerprint density at radius 1 is 1.32 bits per heavy atom. The van der Waals surface area contributed by atoms with Gasteiger partial charge in [0.15, 0.2) is 0 Å². The van der Waals surface area contributed by atoms with Crippen LogP contribution in [0.4, 0.5) is 0 Å². The van der Waals surface area contributed by atoms with Gasteiger partial charge in [-0.15, -0.1) is 6.42 Å². The minimum atomic E-state index is -0.120. The summed E-state index contributed by atoms with van der Waals surface area (Å²) in [6.07, 6.45) is 12.7. The number of nitrogens with zero attached hydrogens (tertiary/aromatic N) is 2. The van der Waals surface area contributed by atoms with Gasteiger partial charge in [-0.1, -0.05) is 24.1 Å². The molecule has 1 atom stereocenters. The van der Waals surface area contributed by atoms with E-state index in [4.69, 9.17) is 6.42 Å². The van der Waals surface area contributed by atoms with Gasteiger partial charge in [0, 0.05) is 49.5 Å². The van der Waals surface area contributed by atoms with Gasteiger partial charge < -0.3 is 15.1 Å². The van der Waals surface area contributed by atoms with Gasteiger partial charge >= 0.3 is 0 Å². The third-order valence-corrected chi connectivity index (χ3v) is 4.83. The number of nitrogens with one attached hydrogen (secondary N) is 1. The zero-order chi connectivity index (χ0) is 17.6. The quantitative estimate of drug-likeness (QED) is 0.856. The molecule has 1 aliphatic heterocycles. The lowest BCUT2D eigenvalue weighted by Crippen LogP contribution is -2.46. The van der Waals surface area contributed by atoms with E-state index in [2.05, 4.69) is 40.2 Å². The van der Waals surface area contributed by atoms with E-state index in [9.17, 15) is 4.79 Å². The number of piperazine rings is 1. The van der Waals surface area contributed by atoms with Gasteiger partial charge in [0.05, 0.1) is 0 Å². The van der Waals surface area contributed by atoms with Crippen molar-refractivity contribution in [1.82, 2.24) is 15.1 Å². The molecule has 1 aliphatic carbocycles. The minimum Gasteiger partial charge on any atom is -0.322 e. The predicted octanol–water partition coefficient (Wildman–Crippen LogP) is 2.11. The number of hydrogen-bond acceptors (Lipinski definition) is 3. The van der Waals surface area contributed by atoms with Gasteiger partial charge in [-0.2, -0.15) is 0 Å². The molecule has 0 spiro atoms. The van der Waals surface area contributed by atoms with E-state index in [0.717, 1.165) is 44.8 Å². The van der Waals surface area contributed by atoms with Gasteiger partial charge in [0.2, 0.25) is 0 Å². The Morgan fingerprint density at radius 2 is 2.12 bits per heavy atom. The minimum absolute atomic E-state index is 0.120. The van der Waals surface area contributed by atoms with E-state index >= 15 is 0 Å². The highest BCUT2D eigenvalue weighted by molar-refractivity contribution is 5.95. The van der Waals surface area contributed by atoms with Gasteiger partial charge in [-0.05, 0) is 43.7 Å². The summed E-state index contributed by atoms with van der Waals surface area (Å²) >= 11 is 0. The average Bonchev–Trinajstić information content (AvgIpc) is 2.65. The van der Waals surface area contributed by atoms with Crippen LogP contribution in [-0.2, 0) is 0 Å². The molecule has 2 aliphatic rings. The summed E-state index contributed by atoms with van der Waals surface area (Å²) in [5.74, 6) is 2.96. The molecule has 1 amide bonds. The summed E-state index contributed by atoms with van der Waals surface area (Å²) in [5.41, 5.74) is 2.17. The molecular weight excluding hydrogens is 310 g/mol. The van der Waals surface area contributed by atoms with Crippen molar-refractivity contribution < 1.29 is 4.79 Å². The zero-order valence-corrected chi connectivity index (χ0v) is 14.7. The van der Waals surface area contributed by atoms with Crippen LogP contribution in [0.2, 0.25) is 0 Å². The SMILES string of the molecule is C#Cc1cccc(C(=O)NC2=CCC(CN3CCN(C)CC3)C=C2)c1. The number of rotatable bonds is 4. The van der Waals surface area contributed by atoms with Gasteiger partial charge in [-0.3, -0.25) is 4.79 Å². The molecule has 1 heterocycles. The number of benzene rings is 1. The third-order valence-electron chi connectivity index (χ3n) is 4.83. The number of carbonyl (C=O) groups excluding carboxylic acids is 1. The summed E-state index contributed by atoms with van der Waals surface area (Å²) in [6.45, 7) is 5.65. The fraction of sp³-hybridized carbons (Fsp3) is 0.381. The smallest absolute Gasteiger partial charge is 0.255 e. The van der Waals surface area contributed by atoms with E-state index in [-0.39, 0.29) is 5.91 Å². The second kappa shape index (κ2) is 8.15. The van der Waals surface area contributed by atoms with Crippen LogP contribution in [0.25, 0.3) is 0 Å². The standard InChI is InChI=1S/C21H25N3O/c1-3-17-5-4-6-19(15-17)21(25)22-20-9-7-18(8-10-20)16-24-13-11-23(2)12-14-24/h1,4-7,9-10,15,18H,8,11-14,16H2,2H3,(H,22,25). The largest absolute Gasteiger partial charge is 0.322 e. The monoisotopic (exact) mass is 335 g/mol. The lowest BCUT2D eigenvalue weighted by atomic mass is 9.98. The van der Waals surface area contributed by atoms with Crippen LogP contribution in [0.5, 0.6) is 0 Å². The molecule has 4 heteroatoms. The van der Waals surface area contributed by atoms with Gasteiger partial charge in [0.1, 0.15) is 0 Å². The lowest BCUT2D eigenvalue weighted by Gasteiger charge is -2.34. The van der Waals surface area contributed by atoms with Crippen LogP contribution >= 0.6 is 0 Å². The number of terminal acetylenes is 1. The molecule has 0 bridgehead atoms. The van der Waals surface area contributed by atoms with E-state index < -0.39 is 0 Å². The average molecular weight is 335 g/mol. The Balaban J connectivity index is 1.50. The normalized spacial score (nSPS) is 21.4. The highest BCUT2D eigenvalue weighted by Crippen LogP contribution is 2.17. The third kappa shape index (κ3) is 4.82. The van der Waals surface area contributed by atoms with Crippen LogP contribution in [0, 0.1) is 18.3 Å². The molecule has 1 unspecified atom stereocenters. The van der Waals surface area contributed by atoms with E-state index in [0.29, 0.717) is 17.0 Å². The second-order valence-electron chi connectivity index (χ2n) is 6.80. The van der Waals surface area contributed by atoms with Crippen molar-refractivity contribution in [3.63, 3.8) is 0 Å². The number of hydrogen-bond donors (Lipinski definition) is 1. The Morgan fingerprint density at radius 3 is 2.80 bits per heavy atom. The molecule has 1 fully saturated rings. The van der Waals surface area contributed by atoms with Crippen LogP contribution < -0.4 is 5.32 Å². The van der Waals surface area contributed by atoms with Crippen molar-refractivity contribution in [2.75, 3.05) is 39.8 Å². The van der Waals surface area contributed by atoms with Crippen molar-refractivity contribution in [3.8, 4) is 12.3 Å². The molecular formula is C21H25N3O. The molecule has 0 radical (unpaired) electrons. The van der Waals surface area contributed by atoms with Crippen LogP contribution in [0.3, 0.4) is 0 Å². The first-order valence-electron chi connectivity index (χ1n) is 8.81. The van der Waals surface area contributed by atoms with E-state index in [1.165, 1.54) is 0 Å². The molecule has 4 nitrogen and oxygen atoms in total. The first kappa shape index (κ1) is 17.5. The maximum Gasteiger partial charge on any atom is 0.255 e. The summed E-state index contributed by atoms with van der Waals surface area (Å²) in [5, 5.41) is 2.96. The number of amides is 1. The first-order valence-corrected chi connectivity index (χ1v) is 8.81. The topological polar surface area (TPSA) is 35.6 Å². The second-order valence-corrected chi connectivity index (χ2v) is 6.80. The maximum atomic E-state index is 12.3. The molecule has 3 rings (SSSR count). The molecule has 0 aromatic heterocycles. The summed E-state index contributed by atoms with van der Waals surface area (Å²) in [6, 6.07) is 7.14. The summed E-state index contributed by atoms with van der Waals surface area (Å²) in [7, 11) is 2.18. The highest BCUT2D eigenvalue weighted by atomic mass is 16.1. The Hall–Kier alpha value is -2.35. The van der Waals surface area contributed by atoms with Crippen LogP contribution in [0.1, 0.15) is 22.3 Å². The molecule has 130 valence electrons. The Kier molecular flexibility index (Phi) is 5.70. The fourth-order valence-corrected chi connectivity index (χ4v) is 3.21. The molecule has 25 heavy (non-hydrogen) atoms.